The van der Waals surface area contributed by atoms with Crippen molar-refractivity contribution in [3.63, 3.8) is 0 Å². The fourth-order valence-corrected chi connectivity index (χ4v) is 6.32. The second-order valence-corrected chi connectivity index (χ2v) is 10.1. The van der Waals surface area contributed by atoms with Crippen molar-refractivity contribution in [3.8, 4) is 22.3 Å². The summed E-state index contributed by atoms with van der Waals surface area (Å²) in [5.74, 6) is 0. The van der Waals surface area contributed by atoms with Gasteiger partial charge in [0.15, 0.2) is 0 Å². The summed E-state index contributed by atoms with van der Waals surface area (Å²) >= 11 is 0. The maximum atomic E-state index is 2.41. The minimum atomic E-state index is 1.25. The Morgan fingerprint density at radius 3 is 1.52 bits per heavy atom. The molecule has 0 heterocycles. The first-order valence-electron chi connectivity index (χ1n) is 14.2. The van der Waals surface area contributed by atoms with Gasteiger partial charge in [0.1, 0.15) is 0 Å². The Bertz CT molecular complexity index is 2170. The Morgan fingerprint density at radius 2 is 0.800 bits per heavy atom. The number of hydrogen-bond donors (Lipinski definition) is 0. The van der Waals surface area contributed by atoms with Crippen molar-refractivity contribution in [3.05, 3.63) is 146 Å². The van der Waals surface area contributed by atoms with Gasteiger partial charge in [-0.1, -0.05) is 153 Å². The summed E-state index contributed by atoms with van der Waals surface area (Å²) in [5, 5.41) is 12.9. The monoisotopic (exact) mass is 510 g/mol. The number of hydrogen-bond acceptors (Lipinski definition) is 0. The first-order valence-corrected chi connectivity index (χ1v) is 14.2. The van der Waals surface area contributed by atoms with Crippen LogP contribution in [0.15, 0.2) is 146 Å². The molecule has 8 aromatic carbocycles. The first kappa shape index (κ1) is 24.1. The predicted molar refractivity (Wildman–Crippen MR) is 176 cm³/mol. The van der Waals surface area contributed by atoms with Crippen molar-refractivity contribution < 1.29 is 0 Å². The third-order valence-electron chi connectivity index (χ3n) is 8.01. The first-order chi connectivity index (χ1) is 19.9. The highest BCUT2D eigenvalue weighted by atomic mass is 14.2. The summed E-state index contributed by atoms with van der Waals surface area (Å²) in [7, 11) is 0. The van der Waals surface area contributed by atoms with Crippen LogP contribution in [0.5, 0.6) is 0 Å². The third kappa shape index (κ3) is 3.76. The van der Waals surface area contributed by atoms with Gasteiger partial charge in [-0.3, -0.25) is 0 Å². The van der Waals surface area contributed by atoms with E-state index in [9.17, 15) is 0 Å². The van der Waals surface area contributed by atoms with Crippen molar-refractivity contribution in [1.82, 2.24) is 0 Å². The summed E-state index contributed by atoms with van der Waals surface area (Å²) in [5.41, 5.74) is 5.12. The molecule has 0 aliphatic rings. The Balaban J connectivity index is 0.00000130. The molecule has 0 aliphatic carbocycles. The van der Waals surface area contributed by atoms with Gasteiger partial charge in [-0.2, -0.15) is 0 Å². The molecule has 0 fully saturated rings. The molecular weight excluding hydrogens is 480 g/mol. The van der Waals surface area contributed by atoms with Gasteiger partial charge in [0.25, 0.3) is 0 Å². The number of rotatable bonds is 2. The SMILES string of the molecule is CC.c1ccc(-c2c3ccccc3c(-c3ccc4ccc5ccccc5c4c3)c3c2ccc2ccccc23)cc1. The fraction of sp³-hybridized carbons (Fsp3) is 0.0500. The minimum Gasteiger partial charge on any atom is -0.0683 e. The molecule has 0 radical (unpaired) electrons. The van der Waals surface area contributed by atoms with E-state index < -0.39 is 0 Å². The van der Waals surface area contributed by atoms with E-state index in [1.165, 1.54) is 76.1 Å². The lowest BCUT2D eigenvalue weighted by Gasteiger charge is -2.19. The molecule has 190 valence electrons. The van der Waals surface area contributed by atoms with Crippen molar-refractivity contribution in [2.75, 3.05) is 0 Å². The maximum absolute atomic E-state index is 2.41. The van der Waals surface area contributed by atoms with Crippen molar-refractivity contribution in [2.45, 2.75) is 13.8 Å². The summed E-state index contributed by atoms with van der Waals surface area (Å²) in [6.07, 6.45) is 0. The van der Waals surface area contributed by atoms with Gasteiger partial charge in [-0.15, -0.1) is 0 Å². The van der Waals surface area contributed by atoms with E-state index in [0.717, 1.165) is 0 Å². The van der Waals surface area contributed by atoms with E-state index in [1.54, 1.807) is 0 Å². The molecule has 0 aromatic heterocycles. The molecule has 0 nitrogen and oxygen atoms in total. The maximum Gasteiger partial charge on any atom is -0.00141 e. The molecular formula is C40H30. The summed E-state index contributed by atoms with van der Waals surface area (Å²) < 4.78 is 0. The summed E-state index contributed by atoms with van der Waals surface area (Å²) in [6.45, 7) is 4.00. The highest BCUT2D eigenvalue weighted by Gasteiger charge is 2.18. The van der Waals surface area contributed by atoms with Gasteiger partial charge in [0.2, 0.25) is 0 Å². The molecule has 0 aliphatic heterocycles. The molecule has 40 heavy (non-hydrogen) atoms. The largest absolute Gasteiger partial charge is 0.0683 e. The second kappa shape index (κ2) is 9.98. The van der Waals surface area contributed by atoms with E-state index >= 15 is 0 Å². The number of benzene rings is 8. The summed E-state index contributed by atoms with van der Waals surface area (Å²) in [6, 6.07) is 53.3. The highest BCUT2D eigenvalue weighted by molar-refractivity contribution is 6.28. The van der Waals surface area contributed by atoms with Crippen LogP contribution in [0.3, 0.4) is 0 Å². The minimum absolute atomic E-state index is 1.25. The van der Waals surface area contributed by atoms with Crippen LogP contribution < -0.4 is 0 Å². The van der Waals surface area contributed by atoms with Crippen LogP contribution in [0.2, 0.25) is 0 Å². The van der Waals surface area contributed by atoms with Gasteiger partial charge in [-0.25, -0.2) is 0 Å². The standard InChI is InChI=1S/C38H24.C2H6/c1-2-12-28(13-3-1)36-32-16-8-9-17-33(32)37(38-31-15-7-5-11-26(31)22-23-34(36)38)29-21-20-27-19-18-25-10-4-6-14-30(25)35(27)24-29;1-2/h1-24H;1-2H3. The fourth-order valence-electron chi connectivity index (χ4n) is 6.32. The Hall–Kier alpha value is -4.94. The Kier molecular flexibility index (Phi) is 6.02. The van der Waals surface area contributed by atoms with Crippen LogP contribution in [-0.4, -0.2) is 0 Å². The van der Waals surface area contributed by atoms with Crippen molar-refractivity contribution >= 4 is 53.9 Å². The van der Waals surface area contributed by atoms with Crippen molar-refractivity contribution in [2.24, 2.45) is 0 Å². The highest BCUT2D eigenvalue weighted by Crippen LogP contribution is 2.46. The van der Waals surface area contributed by atoms with E-state index in [2.05, 4.69) is 146 Å². The molecule has 0 unspecified atom stereocenters. The molecule has 0 atom stereocenters. The zero-order valence-corrected chi connectivity index (χ0v) is 22.9. The van der Waals surface area contributed by atoms with Gasteiger partial charge < -0.3 is 0 Å². The molecule has 0 spiro atoms. The quantitative estimate of drug-likeness (QED) is 0.160. The van der Waals surface area contributed by atoms with Crippen LogP contribution in [-0.2, 0) is 0 Å². The van der Waals surface area contributed by atoms with E-state index in [4.69, 9.17) is 0 Å². The molecule has 8 aromatic rings. The van der Waals surface area contributed by atoms with Gasteiger partial charge in [0, 0.05) is 0 Å². The molecule has 0 saturated heterocycles. The van der Waals surface area contributed by atoms with Crippen molar-refractivity contribution in [1.29, 1.82) is 0 Å². The molecule has 0 heteroatoms. The lowest BCUT2D eigenvalue weighted by molar-refractivity contribution is 1.50. The lowest BCUT2D eigenvalue weighted by atomic mass is 9.83. The zero-order valence-electron chi connectivity index (χ0n) is 22.9. The van der Waals surface area contributed by atoms with E-state index in [0.29, 0.717) is 0 Å². The smallest absolute Gasteiger partial charge is 0.00141 e. The van der Waals surface area contributed by atoms with Crippen LogP contribution in [0, 0.1) is 0 Å². The molecule has 0 saturated carbocycles. The van der Waals surface area contributed by atoms with Crippen LogP contribution in [0.4, 0.5) is 0 Å². The number of fused-ring (bicyclic) bond motifs is 7. The van der Waals surface area contributed by atoms with E-state index in [-0.39, 0.29) is 0 Å². The topological polar surface area (TPSA) is 0 Å². The molecule has 0 amide bonds. The van der Waals surface area contributed by atoms with Gasteiger partial charge in [-0.05, 0) is 82.2 Å². The average Bonchev–Trinajstić information content (AvgIpc) is 3.04. The molecule has 0 N–H and O–H groups in total. The second-order valence-electron chi connectivity index (χ2n) is 10.1. The van der Waals surface area contributed by atoms with Gasteiger partial charge >= 0.3 is 0 Å². The summed E-state index contributed by atoms with van der Waals surface area (Å²) in [4.78, 5) is 0. The van der Waals surface area contributed by atoms with Gasteiger partial charge in [0.05, 0.1) is 0 Å². The third-order valence-corrected chi connectivity index (χ3v) is 8.01. The average molecular weight is 511 g/mol. The molecule has 0 bridgehead atoms. The Morgan fingerprint density at radius 1 is 0.300 bits per heavy atom. The predicted octanol–water partition coefficient (Wildman–Crippen LogP) is 11.8. The lowest BCUT2D eigenvalue weighted by Crippen LogP contribution is -1.92. The molecule has 8 rings (SSSR count). The Labute approximate surface area is 235 Å². The normalized spacial score (nSPS) is 11.2. The van der Waals surface area contributed by atoms with E-state index in [1.807, 2.05) is 13.8 Å². The van der Waals surface area contributed by atoms with Crippen LogP contribution in [0.25, 0.3) is 76.1 Å². The zero-order chi connectivity index (χ0) is 27.1. The van der Waals surface area contributed by atoms with Crippen LogP contribution >= 0.6 is 0 Å². The van der Waals surface area contributed by atoms with Crippen LogP contribution in [0.1, 0.15) is 13.8 Å².